The average molecular weight is 455 g/mol. The van der Waals surface area contributed by atoms with Crippen molar-refractivity contribution < 1.29 is 4.42 Å². The number of nitrogens with two attached hydrogens (primary N) is 1. The molecule has 3 nitrogen and oxygen atoms in total. The van der Waals surface area contributed by atoms with Crippen LogP contribution in [-0.2, 0) is 5.54 Å². The molecular formula is C32H26N2O. The lowest BCUT2D eigenvalue weighted by atomic mass is 9.89. The van der Waals surface area contributed by atoms with E-state index in [2.05, 4.69) is 109 Å². The lowest BCUT2D eigenvalue weighted by Crippen LogP contribution is -2.29. The van der Waals surface area contributed by atoms with E-state index >= 15 is 0 Å². The van der Waals surface area contributed by atoms with Gasteiger partial charge in [-0.1, -0.05) is 85.0 Å². The van der Waals surface area contributed by atoms with Gasteiger partial charge in [-0.2, -0.15) is 0 Å². The third-order valence-electron chi connectivity index (χ3n) is 7.49. The first kappa shape index (κ1) is 20.3. The molecule has 35 heavy (non-hydrogen) atoms. The minimum Gasteiger partial charge on any atom is -0.454 e. The third-order valence-corrected chi connectivity index (χ3v) is 7.49. The van der Waals surface area contributed by atoms with Crippen LogP contribution >= 0.6 is 0 Å². The predicted molar refractivity (Wildman–Crippen MR) is 147 cm³/mol. The molecular weight excluding hydrogens is 428 g/mol. The molecule has 0 amide bonds. The normalized spacial score (nSPS) is 18.2. The van der Waals surface area contributed by atoms with Gasteiger partial charge in [0.05, 0.1) is 16.6 Å². The standard InChI is InChI=1S/C32H26N2O/c1-32(17-7-8-21(19-32)20-33)34-28-18-23(22-9-3-2-4-10-22)13-14-24(28)26-15-16-27-25-11-5-6-12-29(25)35-31(27)30(26)34/h2-16,18-19H,17,20,33H2,1H3. The highest BCUT2D eigenvalue weighted by Crippen LogP contribution is 2.44. The van der Waals surface area contributed by atoms with Gasteiger partial charge in [-0.05, 0) is 48.2 Å². The molecule has 6 aromatic rings. The van der Waals surface area contributed by atoms with Gasteiger partial charge in [0.2, 0.25) is 0 Å². The highest BCUT2D eigenvalue weighted by Gasteiger charge is 2.31. The van der Waals surface area contributed by atoms with E-state index < -0.39 is 0 Å². The maximum Gasteiger partial charge on any atom is 0.159 e. The van der Waals surface area contributed by atoms with Crippen LogP contribution in [0.25, 0.3) is 54.9 Å². The van der Waals surface area contributed by atoms with Gasteiger partial charge < -0.3 is 14.7 Å². The zero-order valence-corrected chi connectivity index (χ0v) is 19.7. The molecule has 2 N–H and O–H groups in total. The topological polar surface area (TPSA) is 44.1 Å². The van der Waals surface area contributed by atoms with Gasteiger partial charge in [0.15, 0.2) is 5.58 Å². The summed E-state index contributed by atoms with van der Waals surface area (Å²) in [6.07, 6.45) is 7.63. The smallest absolute Gasteiger partial charge is 0.159 e. The van der Waals surface area contributed by atoms with Crippen LogP contribution in [0.5, 0.6) is 0 Å². The number of benzene rings is 4. The van der Waals surface area contributed by atoms with Gasteiger partial charge in [0.1, 0.15) is 5.58 Å². The van der Waals surface area contributed by atoms with Crippen molar-refractivity contribution in [2.45, 2.75) is 18.9 Å². The van der Waals surface area contributed by atoms with Crippen molar-refractivity contribution in [1.82, 2.24) is 4.57 Å². The molecule has 2 heterocycles. The number of para-hydroxylation sites is 1. The third kappa shape index (κ3) is 2.95. The van der Waals surface area contributed by atoms with E-state index in [0.29, 0.717) is 6.54 Å². The number of rotatable bonds is 3. The van der Waals surface area contributed by atoms with E-state index in [0.717, 1.165) is 39.4 Å². The Morgan fingerprint density at radius 3 is 2.46 bits per heavy atom. The number of allylic oxidation sites excluding steroid dienone is 2. The fourth-order valence-electron chi connectivity index (χ4n) is 5.86. The van der Waals surface area contributed by atoms with Crippen LogP contribution in [0.4, 0.5) is 0 Å². The molecule has 0 spiro atoms. The summed E-state index contributed by atoms with van der Waals surface area (Å²) in [6.45, 7) is 2.83. The maximum atomic E-state index is 6.56. The van der Waals surface area contributed by atoms with Crippen LogP contribution in [0, 0.1) is 0 Å². The fourth-order valence-corrected chi connectivity index (χ4v) is 5.86. The van der Waals surface area contributed by atoms with Gasteiger partial charge in [0, 0.05) is 28.1 Å². The highest BCUT2D eigenvalue weighted by atomic mass is 16.3. The van der Waals surface area contributed by atoms with E-state index in [1.54, 1.807) is 0 Å². The Kier molecular flexibility index (Phi) is 4.33. The first-order valence-corrected chi connectivity index (χ1v) is 12.2. The molecule has 1 unspecified atom stereocenters. The van der Waals surface area contributed by atoms with Gasteiger partial charge in [-0.3, -0.25) is 0 Å². The molecule has 0 aliphatic heterocycles. The highest BCUT2D eigenvalue weighted by molar-refractivity contribution is 6.21. The van der Waals surface area contributed by atoms with Crippen molar-refractivity contribution in [3.05, 3.63) is 109 Å². The second-order valence-corrected chi connectivity index (χ2v) is 9.76. The van der Waals surface area contributed by atoms with Crippen LogP contribution in [-0.4, -0.2) is 11.1 Å². The molecule has 0 bridgehead atoms. The Bertz CT molecular complexity index is 1820. The van der Waals surface area contributed by atoms with E-state index in [1.165, 1.54) is 27.4 Å². The Hall–Kier alpha value is -4.08. The molecule has 1 atom stereocenters. The molecule has 2 aromatic heterocycles. The Labute approximate surface area is 203 Å². The van der Waals surface area contributed by atoms with Crippen LogP contribution in [0.15, 0.2) is 113 Å². The van der Waals surface area contributed by atoms with Crippen molar-refractivity contribution in [3.63, 3.8) is 0 Å². The number of hydrogen-bond acceptors (Lipinski definition) is 2. The van der Waals surface area contributed by atoms with Crippen molar-refractivity contribution >= 4 is 43.7 Å². The number of furan rings is 1. The predicted octanol–water partition coefficient (Wildman–Crippen LogP) is 7.92. The monoisotopic (exact) mass is 454 g/mol. The maximum absolute atomic E-state index is 6.56. The Balaban J connectivity index is 1.65. The Morgan fingerprint density at radius 1 is 0.829 bits per heavy atom. The molecule has 4 aromatic carbocycles. The SMILES string of the molecule is CC1(n2c3cc(-c4ccccc4)ccc3c3ccc4c5ccccc5oc4c32)C=C(CN)C=CC1. The second kappa shape index (κ2) is 7.46. The minimum atomic E-state index is -0.272. The van der Waals surface area contributed by atoms with Gasteiger partial charge >= 0.3 is 0 Å². The summed E-state index contributed by atoms with van der Waals surface area (Å²) >= 11 is 0. The molecule has 0 radical (unpaired) electrons. The van der Waals surface area contributed by atoms with Gasteiger partial charge in [-0.15, -0.1) is 0 Å². The quantitative estimate of drug-likeness (QED) is 0.295. The molecule has 170 valence electrons. The molecule has 0 fully saturated rings. The zero-order valence-electron chi connectivity index (χ0n) is 19.7. The number of hydrogen-bond donors (Lipinski definition) is 1. The van der Waals surface area contributed by atoms with Gasteiger partial charge in [0.25, 0.3) is 0 Å². The Morgan fingerprint density at radius 2 is 1.60 bits per heavy atom. The largest absolute Gasteiger partial charge is 0.454 e. The van der Waals surface area contributed by atoms with E-state index in [1.807, 2.05) is 6.07 Å². The number of fused-ring (bicyclic) bond motifs is 7. The molecule has 0 saturated heterocycles. The van der Waals surface area contributed by atoms with Crippen molar-refractivity contribution in [2.24, 2.45) is 5.73 Å². The summed E-state index contributed by atoms with van der Waals surface area (Å²) in [7, 11) is 0. The number of aromatic nitrogens is 1. The van der Waals surface area contributed by atoms with Crippen LogP contribution < -0.4 is 5.73 Å². The molecule has 1 aliphatic carbocycles. The summed E-state index contributed by atoms with van der Waals surface area (Å²) in [5, 5.41) is 4.75. The summed E-state index contributed by atoms with van der Waals surface area (Å²) in [5.41, 5.74) is 13.6. The summed E-state index contributed by atoms with van der Waals surface area (Å²) in [4.78, 5) is 0. The summed E-state index contributed by atoms with van der Waals surface area (Å²) in [6, 6.07) is 30.2. The molecule has 7 rings (SSSR count). The second-order valence-electron chi connectivity index (χ2n) is 9.76. The van der Waals surface area contributed by atoms with Crippen molar-refractivity contribution in [1.29, 1.82) is 0 Å². The first-order chi connectivity index (χ1) is 17.2. The van der Waals surface area contributed by atoms with Crippen molar-refractivity contribution in [2.75, 3.05) is 6.54 Å². The average Bonchev–Trinajstić information content (AvgIpc) is 3.45. The lowest BCUT2D eigenvalue weighted by molar-refractivity contribution is 0.433. The first-order valence-electron chi connectivity index (χ1n) is 12.2. The fraction of sp³-hybridized carbons (Fsp3) is 0.125. The van der Waals surface area contributed by atoms with E-state index in [9.17, 15) is 0 Å². The molecule has 1 aliphatic rings. The minimum absolute atomic E-state index is 0.272. The van der Waals surface area contributed by atoms with E-state index in [4.69, 9.17) is 10.2 Å². The summed E-state index contributed by atoms with van der Waals surface area (Å²) in [5.74, 6) is 0. The molecule has 3 heteroatoms. The zero-order chi connectivity index (χ0) is 23.6. The molecule has 0 saturated carbocycles. The summed E-state index contributed by atoms with van der Waals surface area (Å²) < 4.78 is 9.05. The van der Waals surface area contributed by atoms with Crippen LogP contribution in [0.2, 0.25) is 0 Å². The van der Waals surface area contributed by atoms with Crippen molar-refractivity contribution in [3.8, 4) is 11.1 Å². The van der Waals surface area contributed by atoms with Gasteiger partial charge in [-0.25, -0.2) is 0 Å². The lowest BCUT2D eigenvalue weighted by Gasteiger charge is -2.32. The van der Waals surface area contributed by atoms with Crippen LogP contribution in [0.1, 0.15) is 13.3 Å². The number of nitrogens with zero attached hydrogens (tertiary/aromatic N) is 1. The van der Waals surface area contributed by atoms with Crippen LogP contribution in [0.3, 0.4) is 0 Å². The van der Waals surface area contributed by atoms with E-state index in [-0.39, 0.29) is 5.54 Å².